The maximum absolute atomic E-state index is 12.1. The molecule has 1 fully saturated rings. The SMILES string of the molecule is Cc1nn([C@@H]2CCS(=O)(=O)C2)c(Cl)c1/C=N\NC(=O)c1ccccc1Cl. The van der Waals surface area contributed by atoms with Crippen molar-refractivity contribution in [1.82, 2.24) is 15.2 Å². The average molecular weight is 415 g/mol. The quantitative estimate of drug-likeness (QED) is 0.614. The molecule has 0 aliphatic carbocycles. The second-order valence-electron chi connectivity index (χ2n) is 5.97. The van der Waals surface area contributed by atoms with Crippen LogP contribution in [0.4, 0.5) is 0 Å². The highest BCUT2D eigenvalue weighted by molar-refractivity contribution is 7.91. The number of hydrogen-bond donors (Lipinski definition) is 1. The Morgan fingerprint density at radius 3 is 2.77 bits per heavy atom. The summed E-state index contributed by atoms with van der Waals surface area (Å²) in [6, 6.07) is 6.34. The lowest BCUT2D eigenvalue weighted by molar-refractivity contribution is 0.0955. The molecule has 1 aromatic heterocycles. The van der Waals surface area contributed by atoms with E-state index in [1.807, 2.05) is 0 Å². The van der Waals surface area contributed by atoms with E-state index < -0.39 is 15.7 Å². The number of nitrogens with one attached hydrogen (secondary N) is 1. The molecule has 10 heteroatoms. The number of aryl methyl sites for hydroxylation is 1. The smallest absolute Gasteiger partial charge is 0.267 e. The molecule has 1 aliphatic heterocycles. The molecular weight excluding hydrogens is 399 g/mol. The molecule has 1 N–H and O–H groups in total. The Bertz CT molecular complexity index is 985. The normalized spacial score (nSPS) is 19.1. The Balaban J connectivity index is 1.75. The lowest BCUT2D eigenvalue weighted by Crippen LogP contribution is -2.18. The van der Waals surface area contributed by atoms with Crippen molar-refractivity contribution in [3.8, 4) is 0 Å². The summed E-state index contributed by atoms with van der Waals surface area (Å²) in [6.07, 6.45) is 1.86. The van der Waals surface area contributed by atoms with Gasteiger partial charge < -0.3 is 0 Å². The minimum absolute atomic E-state index is 0.0215. The lowest BCUT2D eigenvalue weighted by Gasteiger charge is -2.09. The van der Waals surface area contributed by atoms with Crippen LogP contribution in [0.3, 0.4) is 0 Å². The fourth-order valence-electron chi connectivity index (χ4n) is 2.75. The third-order valence-electron chi connectivity index (χ3n) is 4.10. The second kappa shape index (κ2) is 7.38. The highest BCUT2D eigenvalue weighted by Crippen LogP contribution is 2.29. The van der Waals surface area contributed by atoms with Gasteiger partial charge in [-0.3, -0.25) is 4.79 Å². The van der Waals surface area contributed by atoms with Crippen LogP contribution >= 0.6 is 23.2 Å². The van der Waals surface area contributed by atoms with Crippen LogP contribution in [0.2, 0.25) is 10.2 Å². The molecule has 0 saturated carbocycles. The monoisotopic (exact) mass is 414 g/mol. The molecule has 0 bridgehead atoms. The molecular formula is C16H16Cl2N4O3S. The molecule has 1 aromatic carbocycles. The number of aromatic nitrogens is 2. The van der Waals surface area contributed by atoms with Gasteiger partial charge in [0.2, 0.25) is 0 Å². The maximum atomic E-state index is 12.1. The topological polar surface area (TPSA) is 93.4 Å². The maximum Gasteiger partial charge on any atom is 0.272 e. The number of nitrogens with zero attached hydrogens (tertiary/aromatic N) is 3. The standard InChI is InChI=1S/C16H16Cl2N4O3S/c1-10-13(8-19-20-16(23)12-4-2-3-5-14(12)17)15(18)22(21-10)11-6-7-26(24,25)9-11/h2-5,8,11H,6-7,9H2,1H3,(H,20,23)/b19-8-/t11-/m1/s1. The molecule has 26 heavy (non-hydrogen) atoms. The van der Waals surface area contributed by atoms with Crippen molar-refractivity contribution in [2.24, 2.45) is 5.10 Å². The van der Waals surface area contributed by atoms with Crippen LogP contribution in [-0.2, 0) is 9.84 Å². The van der Waals surface area contributed by atoms with E-state index in [1.165, 1.54) is 10.9 Å². The Morgan fingerprint density at radius 2 is 2.12 bits per heavy atom. The molecule has 1 atom stereocenters. The predicted molar refractivity (Wildman–Crippen MR) is 101 cm³/mol. The molecule has 0 unspecified atom stereocenters. The fraction of sp³-hybridized carbons (Fsp3) is 0.312. The third kappa shape index (κ3) is 3.92. The number of hydrazone groups is 1. The van der Waals surface area contributed by atoms with Gasteiger partial charge in [-0.2, -0.15) is 10.2 Å². The number of rotatable bonds is 4. The second-order valence-corrected chi connectivity index (χ2v) is 8.96. The zero-order valence-corrected chi connectivity index (χ0v) is 16.1. The summed E-state index contributed by atoms with van der Waals surface area (Å²) in [7, 11) is -3.05. The number of carbonyl (C=O) groups is 1. The summed E-state index contributed by atoms with van der Waals surface area (Å²) < 4.78 is 24.8. The van der Waals surface area contributed by atoms with Crippen molar-refractivity contribution in [2.75, 3.05) is 11.5 Å². The van der Waals surface area contributed by atoms with Crippen molar-refractivity contribution < 1.29 is 13.2 Å². The Hall–Kier alpha value is -1.90. The molecule has 1 aliphatic rings. The van der Waals surface area contributed by atoms with Gasteiger partial charge in [0.05, 0.1) is 45.6 Å². The summed E-state index contributed by atoms with van der Waals surface area (Å²) in [6.45, 7) is 1.74. The van der Waals surface area contributed by atoms with Gasteiger partial charge in [0.25, 0.3) is 5.91 Å². The first kappa shape index (κ1) is 18.9. The molecule has 138 valence electrons. The predicted octanol–water partition coefficient (Wildman–Crippen LogP) is 2.62. The molecule has 1 amide bonds. The van der Waals surface area contributed by atoms with Crippen LogP contribution in [0.5, 0.6) is 0 Å². The average Bonchev–Trinajstić information content (AvgIpc) is 3.08. The number of sulfone groups is 1. The number of amides is 1. The molecule has 0 radical (unpaired) electrons. The molecule has 2 heterocycles. The van der Waals surface area contributed by atoms with Crippen LogP contribution in [-0.4, -0.2) is 41.8 Å². The van der Waals surface area contributed by atoms with Crippen molar-refractivity contribution in [3.05, 3.63) is 51.3 Å². The van der Waals surface area contributed by atoms with Crippen LogP contribution < -0.4 is 5.43 Å². The van der Waals surface area contributed by atoms with E-state index in [4.69, 9.17) is 23.2 Å². The first-order chi connectivity index (χ1) is 12.3. The van der Waals surface area contributed by atoms with Crippen LogP contribution in [0.1, 0.15) is 34.1 Å². The first-order valence-corrected chi connectivity index (χ1v) is 10.4. The van der Waals surface area contributed by atoms with E-state index in [1.54, 1.807) is 31.2 Å². The Labute approximate surface area is 160 Å². The number of hydrogen-bond acceptors (Lipinski definition) is 5. The first-order valence-electron chi connectivity index (χ1n) is 7.81. The lowest BCUT2D eigenvalue weighted by atomic mass is 10.2. The molecule has 3 rings (SSSR count). The fourth-order valence-corrected chi connectivity index (χ4v) is 5.02. The minimum Gasteiger partial charge on any atom is -0.267 e. The largest absolute Gasteiger partial charge is 0.272 e. The van der Waals surface area contributed by atoms with Crippen molar-refractivity contribution in [3.63, 3.8) is 0 Å². The van der Waals surface area contributed by atoms with Crippen LogP contribution in [0.25, 0.3) is 0 Å². The zero-order chi connectivity index (χ0) is 18.9. The molecule has 2 aromatic rings. The number of carbonyl (C=O) groups excluding carboxylic acids is 1. The van der Waals surface area contributed by atoms with Gasteiger partial charge in [-0.1, -0.05) is 35.3 Å². The van der Waals surface area contributed by atoms with Gasteiger partial charge in [-0.05, 0) is 25.5 Å². The van der Waals surface area contributed by atoms with E-state index in [-0.39, 0.29) is 17.5 Å². The highest BCUT2D eigenvalue weighted by Gasteiger charge is 2.31. The van der Waals surface area contributed by atoms with Gasteiger partial charge in [0.1, 0.15) is 5.15 Å². The summed E-state index contributed by atoms with van der Waals surface area (Å²) in [4.78, 5) is 12.1. The van der Waals surface area contributed by atoms with Gasteiger partial charge in [0.15, 0.2) is 9.84 Å². The van der Waals surface area contributed by atoms with Crippen LogP contribution in [0, 0.1) is 6.92 Å². The van der Waals surface area contributed by atoms with E-state index in [0.717, 1.165) is 0 Å². The summed E-state index contributed by atoms with van der Waals surface area (Å²) in [5.74, 6) is -0.298. The van der Waals surface area contributed by atoms with E-state index in [9.17, 15) is 13.2 Å². The summed E-state index contributed by atoms with van der Waals surface area (Å²) in [5, 5.41) is 8.85. The van der Waals surface area contributed by atoms with Crippen molar-refractivity contribution in [1.29, 1.82) is 0 Å². The Morgan fingerprint density at radius 1 is 1.38 bits per heavy atom. The number of benzene rings is 1. The van der Waals surface area contributed by atoms with E-state index in [2.05, 4.69) is 15.6 Å². The summed E-state index contributed by atoms with van der Waals surface area (Å²) in [5.41, 5.74) is 3.81. The van der Waals surface area contributed by atoms with Gasteiger partial charge >= 0.3 is 0 Å². The van der Waals surface area contributed by atoms with Gasteiger partial charge in [-0.25, -0.2) is 18.5 Å². The molecule has 1 saturated heterocycles. The molecule has 0 spiro atoms. The van der Waals surface area contributed by atoms with E-state index in [0.29, 0.717) is 33.4 Å². The van der Waals surface area contributed by atoms with Gasteiger partial charge in [0, 0.05) is 0 Å². The third-order valence-corrected chi connectivity index (χ3v) is 6.56. The summed E-state index contributed by atoms with van der Waals surface area (Å²) >= 11 is 12.3. The number of halogens is 2. The minimum atomic E-state index is -3.05. The Kier molecular flexibility index (Phi) is 5.36. The van der Waals surface area contributed by atoms with E-state index >= 15 is 0 Å². The van der Waals surface area contributed by atoms with Crippen LogP contribution in [0.15, 0.2) is 29.4 Å². The zero-order valence-electron chi connectivity index (χ0n) is 13.8. The molecule has 7 nitrogen and oxygen atoms in total. The van der Waals surface area contributed by atoms with Gasteiger partial charge in [-0.15, -0.1) is 0 Å². The van der Waals surface area contributed by atoms with Crippen molar-refractivity contribution >= 4 is 45.2 Å². The highest BCUT2D eigenvalue weighted by atomic mass is 35.5. The van der Waals surface area contributed by atoms with Crippen molar-refractivity contribution in [2.45, 2.75) is 19.4 Å².